The van der Waals surface area contributed by atoms with Crippen LogP contribution in [0.15, 0.2) is 36.4 Å². The third-order valence-corrected chi connectivity index (χ3v) is 3.67. The summed E-state index contributed by atoms with van der Waals surface area (Å²) in [5.74, 6) is 0.443. The molecule has 3 amide bonds. The van der Waals surface area contributed by atoms with E-state index in [-0.39, 0.29) is 5.91 Å². The quantitative estimate of drug-likeness (QED) is 0.819. The molecule has 2 aromatic rings. The highest BCUT2D eigenvalue weighted by atomic mass is 16.5. The van der Waals surface area contributed by atoms with Crippen LogP contribution in [0.5, 0.6) is 5.75 Å². The number of hydrogen-bond acceptors (Lipinski definition) is 3. The molecule has 0 aromatic heterocycles. The number of imide groups is 1. The Bertz CT molecular complexity index is 726. The normalized spacial score (nSPS) is 21.7. The van der Waals surface area contributed by atoms with Gasteiger partial charge < -0.3 is 10.1 Å². The second-order valence-corrected chi connectivity index (χ2v) is 4.96. The molecule has 0 aliphatic carbocycles. The van der Waals surface area contributed by atoms with E-state index in [1.807, 2.05) is 36.4 Å². The van der Waals surface area contributed by atoms with Crippen molar-refractivity contribution in [1.29, 1.82) is 0 Å². The Labute approximate surface area is 115 Å². The second-order valence-electron chi connectivity index (χ2n) is 4.96. The van der Waals surface area contributed by atoms with Crippen molar-refractivity contribution < 1.29 is 14.3 Å². The molecular weight excluding hydrogens is 256 g/mol. The van der Waals surface area contributed by atoms with Gasteiger partial charge in [0, 0.05) is 0 Å². The topological polar surface area (TPSA) is 67.4 Å². The summed E-state index contributed by atoms with van der Waals surface area (Å²) in [5.41, 5.74) is -0.274. The predicted octanol–water partition coefficient (Wildman–Crippen LogP) is 1.90. The predicted molar refractivity (Wildman–Crippen MR) is 74.5 cm³/mol. The molecule has 102 valence electrons. The zero-order valence-electron chi connectivity index (χ0n) is 11.2. The first kappa shape index (κ1) is 12.5. The van der Waals surface area contributed by atoms with Gasteiger partial charge >= 0.3 is 6.03 Å². The number of benzene rings is 2. The molecule has 5 nitrogen and oxygen atoms in total. The van der Waals surface area contributed by atoms with Crippen LogP contribution in [0.25, 0.3) is 10.8 Å². The van der Waals surface area contributed by atoms with Gasteiger partial charge in [-0.1, -0.05) is 18.2 Å². The van der Waals surface area contributed by atoms with Crippen molar-refractivity contribution in [3.05, 3.63) is 42.0 Å². The first-order chi connectivity index (χ1) is 9.53. The molecule has 1 aliphatic heterocycles. The van der Waals surface area contributed by atoms with Gasteiger partial charge in [0.2, 0.25) is 0 Å². The van der Waals surface area contributed by atoms with E-state index in [2.05, 4.69) is 10.6 Å². The van der Waals surface area contributed by atoms with Gasteiger partial charge in [-0.2, -0.15) is 0 Å². The van der Waals surface area contributed by atoms with E-state index in [0.29, 0.717) is 0 Å². The van der Waals surface area contributed by atoms with Gasteiger partial charge in [-0.05, 0) is 41.5 Å². The smallest absolute Gasteiger partial charge is 0.322 e. The molecule has 0 spiro atoms. The number of ether oxygens (including phenoxy) is 1. The van der Waals surface area contributed by atoms with Crippen LogP contribution < -0.4 is 15.4 Å². The summed E-state index contributed by atoms with van der Waals surface area (Å²) in [6.45, 7) is 1.69. The highest BCUT2D eigenvalue weighted by molar-refractivity contribution is 6.07. The summed E-state index contributed by atoms with van der Waals surface area (Å²) in [6.07, 6.45) is 0. The van der Waals surface area contributed by atoms with Crippen LogP contribution in [0.1, 0.15) is 12.5 Å². The summed E-state index contributed by atoms with van der Waals surface area (Å²) in [7, 11) is 1.62. The van der Waals surface area contributed by atoms with Crippen molar-refractivity contribution in [1.82, 2.24) is 10.6 Å². The molecule has 5 heteroatoms. The second kappa shape index (κ2) is 4.23. The number of urea groups is 1. The molecule has 20 heavy (non-hydrogen) atoms. The van der Waals surface area contributed by atoms with Gasteiger partial charge in [-0.3, -0.25) is 10.1 Å². The SMILES string of the molecule is COc1ccc2cc([C@]3(C)NC(=O)NC3=O)ccc2c1. The Balaban J connectivity index is 2.09. The van der Waals surface area contributed by atoms with Gasteiger partial charge in [-0.15, -0.1) is 0 Å². The van der Waals surface area contributed by atoms with Crippen molar-refractivity contribution in [2.75, 3.05) is 7.11 Å². The van der Waals surface area contributed by atoms with Crippen LogP contribution in [0.3, 0.4) is 0 Å². The molecule has 3 rings (SSSR count). The third-order valence-electron chi connectivity index (χ3n) is 3.67. The lowest BCUT2D eigenvalue weighted by Crippen LogP contribution is -2.40. The summed E-state index contributed by atoms with van der Waals surface area (Å²) in [5, 5.41) is 6.92. The Morgan fingerprint density at radius 3 is 2.40 bits per heavy atom. The van der Waals surface area contributed by atoms with Crippen molar-refractivity contribution in [2.45, 2.75) is 12.5 Å². The van der Waals surface area contributed by atoms with Crippen LogP contribution >= 0.6 is 0 Å². The number of fused-ring (bicyclic) bond motifs is 1. The fourth-order valence-electron chi connectivity index (χ4n) is 2.41. The van der Waals surface area contributed by atoms with Gasteiger partial charge in [-0.25, -0.2) is 4.79 Å². The molecule has 2 N–H and O–H groups in total. The van der Waals surface area contributed by atoms with E-state index in [9.17, 15) is 9.59 Å². The van der Waals surface area contributed by atoms with Gasteiger partial charge in [0.05, 0.1) is 7.11 Å². The number of carbonyl (C=O) groups excluding carboxylic acids is 2. The van der Waals surface area contributed by atoms with Crippen molar-refractivity contribution >= 4 is 22.7 Å². The van der Waals surface area contributed by atoms with Crippen LogP contribution in [0, 0.1) is 0 Å². The van der Waals surface area contributed by atoms with E-state index in [0.717, 1.165) is 22.1 Å². The number of amides is 3. The number of nitrogens with one attached hydrogen (secondary N) is 2. The van der Waals surface area contributed by atoms with Gasteiger partial charge in [0.15, 0.2) is 0 Å². The Morgan fingerprint density at radius 1 is 1.05 bits per heavy atom. The molecule has 0 saturated carbocycles. The number of methoxy groups -OCH3 is 1. The van der Waals surface area contributed by atoms with Gasteiger partial charge in [0.25, 0.3) is 5.91 Å². The maximum absolute atomic E-state index is 11.9. The summed E-state index contributed by atoms with van der Waals surface area (Å²) >= 11 is 0. The summed E-state index contributed by atoms with van der Waals surface area (Å²) in [6, 6.07) is 10.9. The molecule has 1 atom stereocenters. The van der Waals surface area contributed by atoms with Crippen LogP contribution in [0.4, 0.5) is 4.79 Å². The highest BCUT2D eigenvalue weighted by Crippen LogP contribution is 2.29. The standard InChI is InChI=1S/C15H14N2O3/c1-15(13(18)16-14(19)17-15)11-5-3-10-8-12(20-2)6-4-9(10)7-11/h3-8H,1-2H3,(H2,16,17,18,19)/t15-/m0/s1. The Hall–Kier alpha value is -2.56. The number of carbonyl (C=O) groups is 2. The maximum atomic E-state index is 11.9. The van der Waals surface area contributed by atoms with Crippen LogP contribution in [-0.2, 0) is 10.3 Å². The first-order valence-corrected chi connectivity index (χ1v) is 6.25. The monoisotopic (exact) mass is 270 g/mol. The molecule has 0 radical (unpaired) electrons. The van der Waals surface area contributed by atoms with E-state index in [1.165, 1.54) is 0 Å². The maximum Gasteiger partial charge on any atom is 0.322 e. The lowest BCUT2D eigenvalue weighted by molar-refractivity contribution is -0.123. The molecule has 1 heterocycles. The summed E-state index contributed by atoms with van der Waals surface area (Å²) in [4.78, 5) is 23.3. The van der Waals surface area contributed by atoms with Crippen LogP contribution in [-0.4, -0.2) is 19.0 Å². The highest BCUT2D eigenvalue weighted by Gasteiger charge is 2.43. The lowest BCUT2D eigenvalue weighted by Gasteiger charge is -2.21. The minimum absolute atomic E-state index is 0.338. The largest absolute Gasteiger partial charge is 0.497 e. The van der Waals surface area contributed by atoms with Gasteiger partial charge in [0.1, 0.15) is 11.3 Å². The Morgan fingerprint density at radius 2 is 1.75 bits per heavy atom. The lowest BCUT2D eigenvalue weighted by atomic mass is 9.90. The zero-order chi connectivity index (χ0) is 14.3. The average Bonchev–Trinajstić information content (AvgIpc) is 2.71. The number of hydrogen-bond donors (Lipinski definition) is 2. The fourth-order valence-corrected chi connectivity index (χ4v) is 2.41. The third kappa shape index (κ3) is 1.79. The average molecular weight is 270 g/mol. The minimum atomic E-state index is -1.02. The molecule has 0 bridgehead atoms. The minimum Gasteiger partial charge on any atom is -0.497 e. The molecule has 1 fully saturated rings. The fraction of sp³-hybridized carbons (Fsp3) is 0.200. The van der Waals surface area contributed by atoms with E-state index in [4.69, 9.17) is 4.74 Å². The Kier molecular flexibility index (Phi) is 2.64. The van der Waals surface area contributed by atoms with Crippen molar-refractivity contribution in [2.24, 2.45) is 0 Å². The molecule has 1 aliphatic rings. The molecular formula is C15H14N2O3. The molecule has 1 saturated heterocycles. The van der Waals surface area contributed by atoms with E-state index >= 15 is 0 Å². The summed E-state index contributed by atoms with van der Waals surface area (Å²) < 4.78 is 5.18. The number of rotatable bonds is 2. The van der Waals surface area contributed by atoms with E-state index in [1.54, 1.807) is 14.0 Å². The molecule has 2 aromatic carbocycles. The van der Waals surface area contributed by atoms with Crippen molar-refractivity contribution in [3.63, 3.8) is 0 Å². The molecule has 0 unspecified atom stereocenters. The van der Waals surface area contributed by atoms with E-state index < -0.39 is 11.6 Å². The first-order valence-electron chi connectivity index (χ1n) is 6.25. The van der Waals surface area contributed by atoms with Crippen molar-refractivity contribution in [3.8, 4) is 5.75 Å². The zero-order valence-corrected chi connectivity index (χ0v) is 11.2. The van der Waals surface area contributed by atoms with Crippen LogP contribution in [0.2, 0.25) is 0 Å².